The van der Waals surface area contributed by atoms with Gasteiger partial charge in [-0.05, 0) is 36.6 Å². The summed E-state index contributed by atoms with van der Waals surface area (Å²) >= 11 is 0. The van der Waals surface area contributed by atoms with Crippen LogP contribution >= 0.6 is 0 Å². The molecule has 1 N–H and O–H groups in total. The third-order valence-corrected chi connectivity index (χ3v) is 4.00. The maximum absolute atomic E-state index is 13.1. The molecule has 0 aliphatic heterocycles. The van der Waals surface area contributed by atoms with E-state index in [0.29, 0.717) is 12.8 Å². The lowest BCUT2D eigenvalue weighted by Gasteiger charge is -2.14. The molecule has 0 atom stereocenters. The fourth-order valence-electron chi connectivity index (χ4n) is 2.38. The van der Waals surface area contributed by atoms with Crippen LogP contribution in [-0.4, -0.2) is 20.9 Å². The highest BCUT2D eigenvalue weighted by Crippen LogP contribution is 2.48. The van der Waals surface area contributed by atoms with Gasteiger partial charge in [0.15, 0.2) is 5.82 Å². The van der Waals surface area contributed by atoms with Crippen molar-refractivity contribution in [2.45, 2.75) is 24.4 Å². The Kier molecular flexibility index (Phi) is 3.55. The first-order valence-electron chi connectivity index (χ1n) is 7.05. The monoisotopic (exact) mass is 335 g/mol. The maximum atomic E-state index is 13.1. The number of halogens is 3. The Morgan fingerprint density at radius 1 is 1.38 bits per heavy atom. The second-order valence-corrected chi connectivity index (χ2v) is 5.69. The molecule has 2 aromatic rings. The van der Waals surface area contributed by atoms with Crippen molar-refractivity contribution in [3.05, 3.63) is 41.1 Å². The predicted octanol–water partition coefficient (Wildman–Crippen LogP) is 2.64. The lowest BCUT2D eigenvalue weighted by Crippen LogP contribution is -2.18. The molecule has 1 heterocycles. The van der Waals surface area contributed by atoms with Gasteiger partial charge in [0.25, 0.3) is 5.91 Å². The van der Waals surface area contributed by atoms with Crippen LogP contribution in [0.2, 0.25) is 0 Å². The molecule has 1 aliphatic carbocycles. The Bertz CT molecular complexity index is 846. The summed E-state index contributed by atoms with van der Waals surface area (Å²) in [4.78, 5) is 12.3. The fourth-order valence-corrected chi connectivity index (χ4v) is 2.38. The van der Waals surface area contributed by atoms with Crippen molar-refractivity contribution in [3.63, 3.8) is 0 Å². The Balaban J connectivity index is 2.01. The first-order chi connectivity index (χ1) is 11.2. The summed E-state index contributed by atoms with van der Waals surface area (Å²) in [5, 5.41) is 18.9. The van der Waals surface area contributed by atoms with Crippen molar-refractivity contribution in [1.29, 1.82) is 5.26 Å². The van der Waals surface area contributed by atoms with Crippen molar-refractivity contribution < 1.29 is 18.0 Å². The molecular formula is C15H12F3N5O. The number of alkyl halides is 3. The van der Waals surface area contributed by atoms with E-state index >= 15 is 0 Å². The zero-order chi connectivity index (χ0) is 17.5. The number of nitriles is 1. The quantitative estimate of drug-likeness (QED) is 0.934. The van der Waals surface area contributed by atoms with Crippen LogP contribution in [0.4, 0.5) is 19.0 Å². The molecule has 1 amide bonds. The second kappa shape index (κ2) is 5.33. The summed E-state index contributed by atoms with van der Waals surface area (Å²) < 4.78 is 40.7. The van der Waals surface area contributed by atoms with Crippen LogP contribution in [0.15, 0.2) is 24.4 Å². The summed E-state index contributed by atoms with van der Waals surface area (Å²) in [7, 11) is 1.54. The van der Waals surface area contributed by atoms with Gasteiger partial charge in [0.2, 0.25) is 0 Å². The Morgan fingerprint density at radius 3 is 2.58 bits per heavy atom. The van der Waals surface area contributed by atoms with Gasteiger partial charge in [0.05, 0.1) is 23.2 Å². The van der Waals surface area contributed by atoms with Gasteiger partial charge in [0.1, 0.15) is 0 Å². The molecule has 3 rings (SSSR count). The molecular weight excluding hydrogens is 323 g/mol. The van der Waals surface area contributed by atoms with E-state index in [4.69, 9.17) is 0 Å². The smallest absolute Gasteiger partial charge is 0.305 e. The molecule has 124 valence electrons. The van der Waals surface area contributed by atoms with Crippen LogP contribution in [0.25, 0.3) is 0 Å². The van der Waals surface area contributed by atoms with Gasteiger partial charge < -0.3 is 5.32 Å². The van der Waals surface area contributed by atoms with Crippen LogP contribution in [0, 0.1) is 11.3 Å². The lowest BCUT2D eigenvalue weighted by atomic mass is 9.93. The van der Waals surface area contributed by atoms with E-state index in [1.807, 2.05) is 6.07 Å². The molecule has 0 radical (unpaired) electrons. The number of anilines is 1. The molecule has 1 fully saturated rings. The van der Waals surface area contributed by atoms with Gasteiger partial charge in [-0.1, -0.05) is 5.21 Å². The zero-order valence-electron chi connectivity index (χ0n) is 12.6. The van der Waals surface area contributed by atoms with Gasteiger partial charge in [-0.15, -0.1) is 5.10 Å². The van der Waals surface area contributed by atoms with E-state index in [2.05, 4.69) is 15.6 Å². The Morgan fingerprint density at radius 2 is 2.08 bits per heavy atom. The number of amides is 1. The van der Waals surface area contributed by atoms with Crippen LogP contribution < -0.4 is 5.32 Å². The number of aromatic nitrogens is 3. The number of rotatable bonds is 3. The second-order valence-electron chi connectivity index (χ2n) is 5.69. The summed E-state index contributed by atoms with van der Waals surface area (Å²) in [6, 6.07) is 5.10. The van der Waals surface area contributed by atoms with Crippen LogP contribution in [0.5, 0.6) is 0 Å². The predicted molar refractivity (Wildman–Crippen MR) is 76.9 cm³/mol. The highest BCUT2D eigenvalue weighted by atomic mass is 19.4. The first-order valence-corrected chi connectivity index (χ1v) is 7.05. The molecule has 24 heavy (non-hydrogen) atoms. The lowest BCUT2D eigenvalue weighted by molar-refractivity contribution is -0.137. The molecule has 9 heteroatoms. The zero-order valence-corrected chi connectivity index (χ0v) is 12.6. The van der Waals surface area contributed by atoms with Crippen LogP contribution in [-0.2, 0) is 18.6 Å². The maximum Gasteiger partial charge on any atom is 0.416 e. The number of hydrogen-bond donors (Lipinski definition) is 1. The molecule has 0 saturated heterocycles. The van der Waals surface area contributed by atoms with Gasteiger partial charge in [-0.2, -0.15) is 18.4 Å². The normalized spacial score (nSPS) is 15.6. The fraction of sp³-hybridized carbons (Fsp3) is 0.333. The van der Waals surface area contributed by atoms with E-state index in [1.54, 1.807) is 0 Å². The number of aryl methyl sites for hydroxylation is 1. The summed E-state index contributed by atoms with van der Waals surface area (Å²) in [5.41, 5.74) is -1.82. The third kappa shape index (κ3) is 2.82. The molecule has 0 unspecified atom stereocenters. The summed E-state index contributed by atoms with van der Waals surface area (Å²) in [6.45, 7) is 0. The average molecular weight is 335 g/mol. The number of benzene rings is 1. The number of nitrogens with zero attached hydrogens (tertiary/aromatic N) is 4. The molecule has 1 aromatic carbocycles. The molecule has 0 spiro atoms. The molecule has 1 aromatic heterocycles. The topological polar surface area (TPSA) is 83.6 Å². The number of carbonyl (C=O) groups excluding carboxylic acids is 1. The summed E-state index contributed by atoms with van der Waals surface area (Å²) in [6.07, 6.45) is -2.36. The third-order valence-electron chi connectivity index (χ3n) is 4.00. The summed E-state index contributed by atoms with van der Waals surface area (Å²) in [5.74, 6) is -0.470. The van der Waals surface area contributed by atoms with Crippen molar-refractivity contribution in [3.8, 4) is 6.07 Å². The Hall–Kier alpha value is -2.89. The van der Waals surface area contributed by atoms with Crippen molar-refractivity contribution >= 4 is 11.7 Å². The largest absolute Gasteiger partial charge is 0.416 e. The van der Waals surface area contributed by atoms with Gasteiger partial charge >= 0.3 is 6.18 Å². The van der Waals surface area contributed by atoms with E-state index in [0.717, 1.165) is 12.1 Å². The SMILES string of the molecule is Cn1nncc1NC(=O)c1cc(C(F)(F)F)cc(C2(C#N)CC2)c1. The van der Waals surface area contributed by atoms with E-state index in [9.17, 15) is 23.2 Å². The average Bonchev–Trinajstić information content (AvgIpc) is 3.24. The molecule has 6 nitrogen and oxygen atoms in total. The van der Waals surface area contributed by atoms with Gasteiger partial charge in [0, 0.05) is 12.6 Å². The Labute approximate surface area is 134 Å². The molecule has 1 saturated carbocycles. The minimum absolute atomic E-state index is 0.164. The van der Waals surface area contributed by atoms with Crippen molar-refractivity contribution in [1.82, 2.24) is 15.0 Å². The molecule has 0 bridgehead atoms. The highest BCUT2D eigenvalue weighted by molar-refractivity contribution is 6.04. The van der Waals surface area contributed by atoms with Gasteiger partial charge in [-0.3, -0.25) is 4.79 Å². The minimum Gasteiger partial charge on any atom is -0.305 e. The number of carbonyl (C=O) groups is 1. The van der Waals surface area contributed by atoms with E-state index in [1.165, 1.54) is 24.0 Å². The highest BCUT2D eigenvalue weighted by Gasteiger charge is 2.46. The standard InChI is InChI=1S/C15H12F3N5O/c1-23-12(7-20-22-23)21-13(24)9-4-10(14(8-19)2-3-14)6-11(5-9)15(16,17)18/h4-7H,2-3H2,1H3,(H,21,24). The number of nitrogens with one attached hydrogen (secondary N) is 1. The van der Waals surface area contributed by atoms with Gasteiger partial charge in [-0.25, -0.2) is 4.68 Å². The van der Waals surface area contributed by atoms with Crippen LogP contribution in [0.1, 0.15) is 34.3 Å². The molecule has 1 aliphatic rings. The minimum atomic E-state index is -4.61. The first kappa shape index (κ1) is 16.0. The van der Waals surface area contributed by atoms with Crippen molar-refractivity contribution in [2.75, 3.05) is 5.32 Å². The van der Waals surface area contributed by atoms with E-state index in [-0.39, 0.29) is 16.9 Å². The van der Waals surface area contributed by atoms with E-state index < -0.39 is 23.1 Å². The van der Waals surface area contributed by atoms with Crippen LogP contribution in [0.3, 0.4) is 0 Å². The van der Waals surface area contributed by atoms with Crippen molar-refractivity contribution in [2.24, 2.45) is 7.05 Å². The number of hydrogen-bond acceptors (Lipinski definition) is 4.